The molecule has 1 amide bonds. The van der Waals surface area contributed by atoms with Gasteiger partial charge >= 0.3 is 0 Å². The van der Waals surface area contributed by atoms with Crippen LogP contribution < -0.4 is 5.32 Å². The molecule has 0 aliphatic heterocycles. The third-order valence-corrected chi connectivity index (χ3v) is 2.80. The van der Waals surface area contributed by atoms with Gasteiger partial charge in [0.1, 0.15) is 5.56 Å². The molecule has 7 heteroatoms. The van der Waals surface area contributed by atoms with Crippen molar-refractivity contribution in [3.63, 3.8) is 0 Å². The Balaban J connectivity index is 3.25. The number of rotatable bonds is 3. The van der Waals surface area contributed by atoms with Crippen molar-refractivity contribution in [2.24, 2.45) is 5.92 Å². The number of hydrogen-bond acceptors (Lipinski definition) is 1. The van der Waals surface area contributed by atoms with Gasteiger partial charge in [0.05, 0.1) is 0 Å². The maximum atomic E-state index is 13.3. The van der Waals surface area contributed by atoms with Crippen molar-refractivity contribution in [3.05, 3.63) is 34.6 Å². The molecule has 0 bridgehead atoms. The van der Waals surface area contributed by atoms with Crippen LogP contribution in [0.2, 0.25) is 0 Å². The molecule has 0 saturated heterocycles. The van der Waals surface area contributed by atoms with E-state index in [9.17, 15) is 26.7 Å². The van der Waals surface area contributed by atoms with Gasteiger partial charge in [0.15, 0.2) is 23.3 Å². The third kappa shape index (κ3) is 2.85. The third-order valence-electron chi connectivity index (χ3n) is 2.80. The van der Waals surface area contributed by atoms with E-state index in [0.717, 1.165) is 0 Å². The largest absolute Gasteiger partial charge is 0.349 e. The van der Waals surface area contributed by atoms with Gasteiger partial charge < -0.3 is 5.32 Å². The van der Waals surface area contributed by atoms with E-state index in [-0.39, 0.29) is 5.92 Å². The minimum Gasteiger partial charge on any atom is -0.349 e. The van der Waals surface area contributed by atoms with Gasteiger partial charge in [-0.1, -0.05) is 13.8 Å². The Morgan fingerprint density at radius 3 is 1.58 bits per heavy atom. The summed E-state index contributed by atoms with van der Waals surface area (Å²) in [5, 5.41) is 2.18. The maximum absolute atomic E-state index is 13.3. The fourth-order valence-corrected chi connectivity index (χ4v) is 1.25. The first-order chi connectivity index (χ1) is 8.68. The summed E-state index contributed by atoms with van der Waals surface area (Å²) in [6, 6.07) is -0.484. The first-order valence-electron chi connectivity index (χ1n) is 5.50. The van der Waals surface area contributed by atoms with Crippen LogP contribution in [0.5, 0.6) is 0 Å². The van der Waals surface area contributed by atoms with Gasteiger partial charge in [0.25, 0.3) is 5.91 Å². The van der Waals surface area contributed by atoms with Crippen molar-refractivity contribution in [2.45, 2.75) is 26.8 Å². The molecule has 1 N–H and O–H groups in total. The Labute approximate surface area is 106 Å². The smallest absolute Gasteiger partial charge is 0.257 e. The Hall–Kier alpha value is -1.66. The molecule has 0 unspecified atom stereocenters. The molecular formula is C12H12F5NO. The average molecular weight is 281 g/mol. The van der Waals surface area contributed by atoms with E-state index < -0.39 is 46.6 Å². The van der Waals surface area contributed by atoms with Gasteiger partial charge in [0.2, 0.25) is 5.82 Å². The fraction of sp³-hybridized carbons (Fsp3) is 0.417. The lowest BCUT2D eigenvalue weighted by Gasteiger charge is -2.18. The second-order valence-corrected chi connectivity index (χ2v) is 4.45. The van der Waals surface area contributed by atoms with Crippen LogP contribution in [0.3, 0.4) is 0 Å². The molecular weight excluding hydrogens is 269 g/mol. The highest BCUT2D eigenvalue weighted by molar-refractivity contribution is 5.95. The molecule has 0 aromatic heterocycles. The lowest BCUT2D eigenvalue weighted by molar-refractivity contribution is 0.0918. The molecule has 1 aromatic rings. The second kappa shape index (κ2) is 5.54. The zero-order valence-corrected chi connectivity index (χ0v) is 10.5. The van der Waals surface area contributed by atoms with Crippen LogP contribution in [-0.2, 0) is 0 Å². The summed E-state index contributed by atoms with van der Waals surface area (Å²) in [5.74, 6) is -12.2. The summed E-state index contributed by atoms with van der Waals surface area (Å²) in [6.45, 7) is 5.00. The Morgan fingerprint density at radius 1 is 0.842 bits per heavy atom. The van der Waals surface area contributed by atoms with Crippen molar-refractivity contribution < 1.29 is 26.7 Å². The monoisotopic (exact) mass is 281 g/mol. The number of carbonyl (C=O) groups is 1. The standard InChI is InChI=1S/C12H12F5NO/c1-4(2)5(3)18-12(19)6-7(13)9(15)11(17)10(16)8(6)14/h4-5H,1-3H3,(H,18,19)/t5-/m1/s1. The van der Waals surface area contributed by atoms with Crippen molar-refractivity contribution in [1.29, 1.82) is 0 Å². The maximum Gasteiger partial charge on any atom is 0.257 e. The molecule has 1 rings (SSSR count). The van der Waals surface area contributed by atoms with Crippen molar-refractivity contribution >= 4 is 5.91 Å². The van der Waals surface area contributed by atoms with Gasteiger partial charge in [-0.3, -0.25) is 4.79 Å². The summed E-state index contributed by atoms with van der Waals surface area (Å²) in [7, 11) is 0. The van der Waals surface area contributed by atoms with Crippen LogP contribution in [0.25, 0.3) is 0 Å². The van der Waals surface area contributed by atoms with Gasteiger partial charge in [-0.25, -0.2) is 22.0 Å². The molecule has 0 spiro atoms. The van der Waals surface area contributed by atoms with Gasteiger partial charge in [0, 0.05) is 6.04 Å². The van der Waals surface area contributed by atoms with Gasteiger partial charge in [-0.2, -0.15) is 0 Å². The molecule has 0 aliphatic carbocycles. The number of benzene rings is 1. The highest BCUT2D eigenvalue weighted by Crippen LogP contribution is 2.23. The lowest BCUT2D eigenvalue weighted by Crippen LogP contribution is -2.37. The summed E-state index contributed by atoms with van der Waals surface area (Å²) in [6.07, 6.45) is 0. The van der Waals surface area contributed by atoms with E-state index in [0.29, 0.717) is 0 Å². The molecule has 0 fully saturated rings. The van der Waals surface area contributed by atoms with E-state index in [2.05, 4.69) is 5.32 Å². The van der Waals surface area contributed by atoms with Crippen molar-refractivity contribution in [1.82, 2.24) is 5.32 Å². The zero-order chi connectivity index (χ0) is 14.9. The Morgan fingerprint density at radius 2 is 1.21 bits per heavy atom. The van der Waals surface area contributed by atoms with Gasteiger partial charge in [-0.05, 0) is 12.8 Å². The molecule has 0 radical (unpaired) electrons. The number of nitrogens with one attached hydrogen (secondary N) is 1. The number of amides is 1. The molecule has 106 valence electrons. The van der Waals surface area contributed by atoms with E-state index in [1.165, 1.54) is 0 Å². The molecule has 19 heavy (non-hydrogen) atoms. The van der Waals surface area contributed by atoms with Crippen molar-refractivity contribution in [3.8, 4) is 0 Å². The van der Waals surface area contributed by atoms with Gasteiger partial charge in [-0.15, -0.1) is 0 Å². The van der Waals surface area contributed by atoms with Crippen LogP contribution in [0.1, 0.15) is 31.1 Å². The van der Waals surface area contributed by atoms with E-state index >= 15 is 0 Å². The number of carbonyl (C=O) groups excluding carboxylic acids is 1. The predicted octanol–water partition coefficient (Wildman–Crippen LogP) is 3.16. The average Bonchev–Trinajstić information content (AvgIpc) is 2.34. The van der Waals surface area contributed by atoms with Crippen LogP contribution >= 0.6 is 0 Å². The van der Waals surface area contributed by atoms with Crippen LogP contribution in [0.15, 0.2) is 0 Å². The fourth-order valence-electron chi connectivity index (χ4n) is 1.25. The minimum atomic E-state index is -2.29. The first kappa shape index (κ1) is 15.4. The summed E-state index contributed by atoms with van der Waals surface area (Å²) in [5.41, 5.74) is -1.47. The molecule has 1 atom stereocenters. The molecule has 0 heterocycles. The normalized spacial score (nSPS) is 12.7. The summed E-state index contributed by atoms with van der Waals surface area (Å²) < 4.78 is 65.3. The highest BCUT2D eigenvalue weighted by Gasteiger charge is 2.30. The second-order valence-electron chi connectivity index (χ2n) is 4.45. The quantitative estimate of drug-likeness (QED) is 0.514. The molecule has 0 aliphatic rings. The zero-order valence-electron chi connectivity index (χ0n) is 10.5. The number of halogens is 5. The van der Waals surface area contributed by atoms with Crippen LogP contribution in [0, 0.1) is 35.0 Å². The Kier molecular flexibility index (Phi) is 4.49. The highest BCUT2D eigenvalue weighted by atomic mass is 19.2. The van der Waals surface area contributed by atoms with Crippen LogP contribution in [-0.4, -0.2) is 11.9 Å². The SMILES string of the molecule is CC(C)[C@@H](C)NC(=O)c1c(F)c(F)c(F)c(F)c1F. The molecule has 0 saturated carbocycles. The topological polar surface area (TPSA) is 29.1 Å². The minimum absolute atomic E-state index is 0.0646. The first-order valence-corrected chi connectivity index (χ1v) is 5.50. The predicted molar refractivity (Wildman–Crippen MR) is 58.0 cm³/mol. The Bertz CT molecular complexity index is 486. The van der Waals surface area contributed by atoms with E-state index in [4.69, 9.17) is 0 Å². The van der Waals surface area contributed by atoms with Crippen molar-refractivity contribution in [2.75, 3.05) is 0 Å². The lowest BCUT2D eigenvalue weighted by atomic mass is 10.1. The van der Waals surface area contributed by atoms with Crippen LogP contribution in [0.4, 0.5) is 22.0 Å². The van der Waals surface area contributed by atoms with E-state index in [1.807, 2.05) is 0 Å². The van der Waals surface area contributed by atoms with E-state index in [1.54, 1.807) is 20.8 Å². The summed E-state index contributed by atoms with van der Waals surface area (Å²) in [4.78, 5) is 11.6. The molecule has 2 nitrogen and oxygen atoms in total. The number of hydrogen-bond donors (Lipinski definition) is 1. The summed E-state index contributed by atoms with van der Waals surface area (Å²) >= 11 is 0. The molecule has 1 aromatic carbocycles.